The van der Waals surface area contributed by atoms with Crippen LogP contribution in [0.1, 0.15) is 26.3 Å². The number of benzene rings is 1. The van der Waals surface area contributed by atoms with Crippen molar-refractivity contribution in [3.05, 3.63) is 34.1 Å². The highest BCUT2D eigenvalue weighted by Crippen LogP contribution is 2.20. The van der Waals surface area contributed by atoms with Crippen molar-refractivity contribution in [3.8, 4) is 0 Å². The van der Waals surface area contributed by atoms with Crippen LogP contribution < -0.4 is 0 Å². The third kappa shape index (κ3) is 5.61. The van der Waals surface area contributed by atoms with E-state index in [1.54, 1.807) is 6.07 Å². The molecule has 0 radical (unpaired) electrons. The van der Waals surface area contributed by atoms with E-state index in [0.29, 0.717) is 6.42 Å². The molecule has 0 fully saturated rings. The molecule has 0 heterocycles. The number of rotatable bonds is 4. The zero-order valence-electron chi connectivity index (χ0n) is 10.3. The highest BCUT2D eigenvalue weighted by molar-refractivity contribution is 9.10. The number of hydrogen-bond donors (Lipinski definition) is 1. The quantitative estimate of drug-likeness (QED) is 0.925. The largest absolute Gasteiger partial charge is 0.390 e. The summed E-state index contributed by atoms with van der Waals surface area (Å²) in [6, 6.07) is 4.44. The van der Waals surface area contributed by atoms with E-state index in [-0.39, 0.29) is 18.0 Å². The van der Waals surface area contributed by atoms with Crippen molar-refractivity contribution < 1.29 is 14.2 Å². The summed E-state index contributed by atoms with van der Waals surface area (Å²) in [5, 5.41) is 9.81. The highest BCUT2D eigenvalue weighted by atomic mass is 79.9. The van der Waals surface area contributed by atoms with Crippen LogP contribution in [-0.2, 0) is 11.2 Å². The number of halogens is 2. The average Bonchev–Trinajstić information content (AvgIpc) is 2.20. The minimum atomic E-state index is -0.632. The van der Waals surface area contributed by atoms with E-state index in [9.17, 15) is 9.50 Å². The second kappa shape index (κ2) is 5.94. The molecule has 96 valence electrons. The predicted octanol–water partition coefficient (Wildman–Crippen LogP) is 3.31. The summed E-state index contributed by atoms with van der Waals surface area (Å²) >= 11 is 3.33. The maximum atomic E-state index is 13.0. The molecule has 1 rings (SSSR count). The number of aliphatic hydroxyl groups excluding tert-OH is 1. The van der Waals surface area contributed by atoms with Crippen LogP contribution in [0.4, 0.5) is 4.39 Å². The second-order valence-corrected chi connectivity index (χ2v) is 5.87. The SMILES string of the molecule is CC(C)(C)OCC(O)Cc1cc(F)ccc1Br. The lowest BCUT2D eigenvalue weighted by Gasteiger charge is -2.22. The lowest BCUT2D eigenvalue weighted by Crippen LogP contribution is -2.27. The molecule has 17 heavy (non-hydrogen) atoms. The van der Waals surface area contributed by atoms with Gasteiger partial charge in [-0.2, -0.15) is 0 Å². The first kappa shape index (κ1) is 14.6. The Morgan fingerprint density at radius 3 is 2.65 bits per heavy atom. The lowest BCUT2D eigenvalue weighted by atomic mass is 10.1. The van der Waals surface area contributed by atoms with Gasteiger partial charge in [0.05, 0.1) is 18.3 Å². The van der Waals surface area contributed by atoms with Crippen LogP contribution in [0.2, 0.25) is 0 Å². The van der Waals surface area contributed by atoms with Crippen molar-refractivity contribution in [3.63, 3.8) is 0 Å². The van der Waals surface area contributed by atoms with E-state index in [1.165, 1.54) is 12.1 Å². The monoisotopic (exact) mass is 304 g/mol. The topological polar surface area (TPSA) is 29.5 Å². The van der Waals surface area contributed by atoms with Crippen LogP contribution in [0.3, 0.4) is 0 Å². The fraction of sp³-hybridized carbons (Fsp3) is 0.538. The molecule has 0 aliphatic heterocycles. The van der Waals surface area contributed by atoms with E-state index in [0.717, 1.165) is 10.0 Å². The fourth-order valence-electron chi connectivity index (χ4n) is 1.36. The molecule has 0 bridgehead atoms. The Morgan fingerprint density at radius 1 is 1.41 bits per heavy atom. The van der Waals surface area contributed by atoms with E-state index in [2.05, 4.69) is 15.9 Å². The molecule has 1 unspecified atom stereocenters. The minimum Gasteiger partial charge on any atom is -0.390 e. The molecule has 0 spiro atoms. The average molecular weight is 305 g/mol. The van der Waals surface area contributed by atoms with Crippen LogP contribution in [0, 0.1) is 5.82 Å². The summed E-state index contributed by atoms with van der Waals surface area (Å²) in [6.07, 6.45) is -0.263. The summed E-state index contributed by atoms with van der Waals surface area (Å²) in [4.78, 5) is 0. The molecule has 1 aromatic rings. The molecule has 0 aliphatic carbocycles. The standard InChI is InChI=1S/C13H18BrFO2/c1-13(2,3)17-8-11(16)7-9-6-10(15)4-5-12(9)14/h4-6,11,16H,7-8H2,1-3H3. The number of ether oxygens (including phenoxy) is 1. The zero-order chi connectivity index (χ0) is 13.1. The van der Waals surface area contributed by atoms with Crippen LogP contribution in [0.25, 0.3) is 0 Å². The molecule has 0 aromatic heterocycles. The molecule has 0 aliphatic rings. The maximum absolute atomic E-state index is 13.0. The summed E-state index contributed by atoms with van der Waals surface area (Å²) < 4.78 is 19.3. The van der Waals surface area contributed by atoms with Crippen LogP contribution >= 0.6 is 15.9 Å². The number of hydrogen-bond acceptors (Lipinski definition) is 2. The van der Waals surface area contributed by atoms with E-state index in [4.69, 9.17) is 4.74 Å². The van der Waals surface area contributed by atoms with Gasteiger partial charge in [-0.25, -0.2) is 4.39 Å². The van der Waals surface area contributed by atoms with Gasteiger partial charge in [0.25, 0.3) is 0 Å². The zero-order valence-corrected chi connectivity index (χ0v) is 11.9. The van der Waals surface area contributed by atoms with E-state index < -0.39 is 6.10 Å². The Balaban J connectivity index is 2.56. The van der Waals surface area contributed by atoms with E-state index in [1.807, 2.05) is 20.8 Å². The van der Waals surface area contributed by atoms with Gasteiger partial charge in [0.15, 0.2) is 0 Å². The molecule has 4 heteroatoms. The molecule has 1 N–H and O–H groups in total. The Hall–Kier alpha value is -0.450. The molecular formula is C13H18BrFO2. The molecular weight excluding hydrogens is 287 g/mol. The van der Waals surface area contributed by atoms with Crippen molar-refractivity contribution in [1.29, 1.82) is 0 Å². The van der Waals surface area contributed by atoms with Gasteiger partial charge in [0.2, 0.25) is 0 Å². The van der Waals surface area contributed by atoms with Gasteiger partial charge in [-0.05, 0) is 44.5 Å². The van der Waals surface area contributed by atoms with Crippen LogP contribution in [0.5, 0.6) is 0 Å². The number of aliphatic hydroxyl groups is 1. The van der Waals surface area contributed by atoms with Gasteiger partial charge in [0, 0.05) is 10.9 Å². The minimum absolute atomic E-state index is 0.243. The Bertz CT molecular complexity index is 374. The van der Waals surface area contributed by atoms with Crippen molar-refractivity contribution in [2.45, 2.75) is 38.9 Å². The highest BCUT2D eigenvalue weighted by Gasteiger charge is 2.15. The first-order valence-electron chi connectivity index (χ1n) is 5.54. The Labute approximate surface area is 110 Å². The first-order valence-corrected chi connectivity index (χ1v) is 6.33. The third-order valence-corrected chi connectivity index (χ3v) is 2.95. The lowest BCUT2D eigenvalue weighted by molar-refractivity contribution is -0.0482. The summed E-state index contributed by atoms with van der Waals surface area (Å²) in [6.45, 7) is 6.03. The van der Waals surface area contributed by atoms with Crippen LogP contribution in [-0.4, -0.2) is 23.4 Å². The van der Waals surface area contributed by atoms with E-state index >= 15 is 0 Å². The van der Waals surface area contributed by atoms with Gasteiger partial charge >= 0.3 is 0 Å². The first-order chi connectivity index (χ1) is 7.78. The van der Waals surface area contributed by atoms with Crippen molar-refractivity contribution in [2.24, 2.45) is 0 Å². The van der Waals surface area contributed by atoms with Crippen molar-refractivity contribution >= 4 is 15.9 Å². The van der Waals surface area contributed by atoms with Crippen molar-refractivity contribution in [2.75, 3.05) is 6.61 Å². The van der Waals surface area contributed by atoms with Crippen LogP contribution in [0.15, 0.2) is 22.7 Å². The molecule has 1 atom stereocenters. The molecule has 2 nitrogen and oxygen atoms in total. The predicted molar refractivity (Wildman–Crippen MR) is 69.5 cm³/mol. The molecule has 0 amide bonds. The van der Waals surface area contributed by atoms with Gasteiger partial charge in [-0.3, -0.25) is 0 Å². The molecule has 0 saturated heterocycles. The van der Waals surface area contributed by atoms with Gasteiger partial charge in [-0.1, -0.05) is 15.9 Å². The maximum Gasteiger partial charge on any atom is 0.123 e. The van der Waals surface area contributed by atoms with Gasteiger partial charge in [0.1, 0.15) is 5.82 Å². The fourth-order valence-corrected chi connectivity index (χ4v) is 1.77. The normalized spacial score (nSPS) is 13.8. The molecule has 0 saturated carbocycles. The van der Waals surface area contributed by atoms with Gasteiger partial charge in [-0.15, -0.1) is 0 Å². The van der Waals surface area contributed by atoms with Gasteiger partial charge < -0.3 is 9.84 Å². The second-order valence-electron chi connectivity index (χ2n) is 5.02. The smallest absolute Gasteiger partial charge is 0.123 e. The third-order valence-electron chi connectivity index (χ3n) is 2.17. The summed E-state index contributed by atoms with van der Waals surface area (Å²) in [5.41, 5.74) is 0.468. The Kier molecular flexibility index (Phi) is 5.10. The van der Waals surface area contributed by atoms with Crippen molar-refractivity contribution in [1.82, 2.24) is 0 Å². The Morgan fingerprint density at radius 2 is 2.06 bits per heavy atom. The molecule has 1 aromatic carbocycles. The summed E-state index contributed by atoms with van der Waals surface area (Å²) in [5.74, 6) is -0.299. The summed E-state index contributed by atoms with van der Waals surface area (Å²) in [7, 11) is 0.